The van der Waals surface area contributed by atoms with Gasteiger partial charge in [0.1, 0.15) is 5.52 Å². The molecule has 1 unspecified atom stereocenters. The lowest BCUT2D eigenvalue weighted by Gasteiger charge is -2.14. The summed E-state index contributed by atoms with van der Waals surface area (Å²) in [5.41, 5.74) is 4.56. The lowest BCUT2D eigenvalue weighted by Crippen LogP contribution is -2.23. The molecule has 4 aromatic rings. The molecule has 1 atom stereocenters. The predicted octanol–water partition coefficient (Wildman–Crippen LogP) is 4.93. The molecule has 1 aromatic heterocycles. The van der Waals surface area contributed by atoms with Crippen molar-refractivity contribution in [3.63, 3.8) is 0 Å². The van der Waals surface area contributed by atoms with Gasteiger partial charge < -0.3 is 5.11 Å². The molecule has 0 bridgehead atoms. The molecule has 3 aromatic carbocycles. The smallest absolute Gasteiger partial charge is 0.328 e. The molecule has 5 nitrogen and oxygen atoms in total. The first-order chi connectivity index (χ1) is 14.6. The van der Waals surface area contributed by atoms with Crippen LogP contribution in [-0.2, 0) is 11.2 Å². The molecular weight excluding hydrogens is 442 g/mol. The number of rotatable bonds is 6. The molecule has 0 saturated carbocycles. The highest BCUT2D eigenvalue weighted by Gasteiger charge is 2.21. The molecule has 1 heterocycles. The van der Waals surface area contributed by atoms with Crippen LogP contribution in [0.25, 0.3) is 11.0 Å². The van der Waals surface area contributed by atoms with E-state index in [-0.39, 0.29) is 6.42 Å². The zero-order valence-electron chi connectivity index (χ0n) is 15.9. The Hall–Kier alpha value is -3.38. The Morgan fingerprint density at radius 1 is 0.867 bits per heavy atom. The first kappa shape index (κ1) is 19.9. The first-order valence-corrected chi connectivity index (χ1v) is 10.2. The van der Waals surface area contributed by atoms with E-state index in [0.717, 1.165) is 21.2 Å². The number of hydrogen-bond acceptors (Lipinski definition) is 4. The number of aliphatic imine (C=N–C) groups is 1. The Balaban J connectivity index is 1.80. The van der Waals surface area contributed by atoms with E-state index in [4.69, 9.17) is 4.99 Å². The summed E-state index contributed by atoms with van der Waals surface area (Å²) in [6, 6.07) is 22.0. The van der Waals surface area contributed by atoms with Gasteiger partial charge in [-0.15, -0.1) is 0 Å². The summed E-state index contributed by atoms with van der Waals surface area (Å²) >= 11 is 3.48. The van der Waals surface area contributed by atoms with Crippen molar-refractivity contribution >= 4 is 38.6 Å². The topological polar surface area (TPSA) is 75.4 Å². The van der Waals surface area contributed by atoms with Crippen LogP contribution in [0.5, 0.6) is 0 Å². The summed E-state index contributed by atoms with van der Waals surface area (Å²) < 4.78 is 0.819. The molecule has 30 heavy (non-hydrogen) atoms. The molecule has 0 radical (unpaired) electrons. The van der Waals surface area contributed by atoms with Gasteiger partial charge >= 0.3 is 5.97 Å². The van der Waals surface area contributed by atoms with Crippen molar-refractivity contribution in [2.45, 2.75) is 12.5 Å². The molecule has 0 spiro atoms. The summed E-state index contributed by atoms with van der Waals surface area (Å²) in [6.45, 7) is 0. The molecule has 0 fully saturated rings. The van der Waals surface area contributed by atoms with Crippen LogP contribution in [0, 0.1) is 0 Å². The number of carboxylic acids is 1. The van der Waals surface area contributed by atoms with E-state index in [2.05, 4.69) is 25.9 Å². The predicted molar refractivity (Wildman–Crippen MR) is 121 cm³/mol. The maximum absolute atomic E-state index is 12.2. The number of nitrogens with zero attached hydrogens (tertiary/aromatic N) is 3. The van der Waals surface area contributed by atoms with Crippen LogP contribution in [0.2, 0.25) is 0 Å². The minimum absolute atomic E-state index is 0.209. The van der Waals surface area contributed by atoms with Crippen molar-refractivity contribution in [2.75, 3.05) is 0 Å². The summed E-state index contributed by atoms with van der Waals surface area (Å²) in [7, 11) is 0. The lowest BCUT2D eigenvalue weighted by molar-refractivity contribution is -0.138. The van der Waals surface area contributed by atoms with Crippen LogP contribution in [-0.4, -0.2) is 32.8 Å². The molecule has 4 rings (SSSR count). The second-order valence-corrected chi connectivity index (χ2v) is 7.58. The fraction of sp³-hybridized carbons (Fsp3) is 0.0833. The van der Waals surface area contributed by atoms with Crippen LogP contribution >= 0.6 is 15.9 Å². The molecule has 0 saturated heterocycles. The van der Waals surface area contributed by atoms with Crippen molar-refractivity contribution in [3.05, 3.63) is 106 Å². The van der Waals surface area contributed by atoms with Crippen molar-refractivity contribution in [1.29, 1.82) is 0 Å². The Morgan fingerprint density at radius 3 is 2.00 bits per heavy atom. The maximum Gasteiger partial charge on any atom is 0.328 e. The molecule has 6 heteroatoms. The quantitative estimate of drug-likeness (QED) is 0.415. The van der Waals surface area contributed by atoms with E-state index in [0.29, 0.717) is 16.7 Å². The maximum atomic E-state index is 12.2. The van der Waals surface area contributed by atoms with Gasteiger partial charge in [-0.2, -0.15) is 0 Å². The standard InChI is InChI=1S/C24H18BrN3O2/c25-19-12-11-18(22-23(19)27-14-13-26-22)15-20(24(29)30)28-21(16-7-3-1-4-8-16)17-9-5-2-6-10-17/h1-14,20H,15H2,(H,29,30). The number of hydrogen-bond donors (Lipinski definition) is 1. The third kappa shape index (κ3) is 4.28. The number of benzene rings is 3. The van der Waals surface area contributed by atoms with Gasteiger partial charge in [0.2, 0.25) is 0 Å². The number of fused-ring (bicyclic) bond motifs is 1. The van der Waals surface area contributed by atoms with Crippen LogP contribution in [0.3, 0.4) is 0 Å². The number of aromatic nitrogens is 2. The van der Waals surface area contributed by atoms with Crippen LogP contribution in [0.15, 0.2) is 94.7 Å². The third-order valence-electron chi connectivity index (χ3n) is 4.74. The SMILES string of the molecule is O=C(O)C(Cc1ccc(Br)c2nccnc12)N=C(c1ccccc1)c1ccccc1. The molecule has 148 valence electrons. The van der Waals surface area contributed by atoms with Crippen molar-refractivity contribution < 1.29 is 9.90 Å². The minimum atomic E-state index is -0.987. The Bertz CT molecular complexity index is 1170. The summed E-state index contributed by atoms with van der Waals surface area (Å²) in [6.07, 6.45) is 3.43. The number of carbonyl (C=O) groups is 1. The Labute approximate surface area is 182 Å². The highest BCUT2D eigenvalue weighted by Crippen LogP contribution is 2.25. The minimum Gasteiger partial charge on any atom is -0.480 e. The van der Waals surface area contributed by atoms with E-state index in [1.165, 1.54) is 0 Å². The lowest BCUT2D eigenvalue weighted by atomic mass is 10.00. The highest BCUT2D eigenvalue weighted by molar-refractivity contribution is 9.10. The van der Waals surface area contributed by atoms with E-state index >= 15 is 0 Å². The molecule has 0 aliphatic heterocycles. The number of aliphatic carboxylic acids is 1. The number of halogens is 1. The average Bonchev–Trinajstić information content (AvgIpc) is 2.79. The van der Waals surface area contributed by atoms with Crippen LogP contribution in [0.4, 0.5) is 0 Å². The first-order valence-electron chi connectivity index (χ1n) is 9.43. The zero-order valence-corrected chi connectivity index (χ0v) is 17.5. The fourth-order valence-electron chi connectivity index (χ4n) is 3.30. The third-order valence-corrected chi connectivity index (χ3v) is 5.38. The number of carboxylic acid groups (broad SMARTS) is 1. The highest BCUT2D eigenvalue weighted by atomic mass is 79.9. The molecule has 0 aliphatic carbocycles. The monoisotopic (exact) mass is 459 g/mol. The van der Waals surface area contributed by atoms with Gasteiger partial charge in [0.05, 0.1) is 11.2 Å². The fourth-order valence-corrected chi connectivity index (χ4v) is 3.73. The van der Waals surface area contributed by atoms with Crippen molar-refractivity contribution in [1.82, 2.24) is 9.97 Å². The largest absolute Gasteiger partial charge is 0.480 e. The van der Waals surface area contributed by atoms with Gasteiger partial charge in [-0.05, 0) is 27.6 Å². The second kappa shape index (κ2) is 8.97. The van der Waals surface area contributed by atoms with Gasteiger partial charge in [0, 0.05) is 34.4 Å². The van der Waals surface area contributed by atoms with Gasteiger partial charge in [-0.1, -0.05) is 66.7 Å². The van der Waals surface area contributed by atoms with E-state index in [9.17, 15) is 9.90 Å². The van der Waals surface area contributed by atoms with E-state index < -0.39 is 12.0 Å². The van der Waals surface area contributed by atoms with Gasteiger partial charge in [0.25, 0.3) is 0 Å². The van der Waals surface area contributed by atoms with Crippen LogP contribution < -0.4 is 0 Å². The molecule has 1 N–H and O–H groups in total. The van der Waals surface area contributed by atoms with E-state index in [1.54, 1.807) is 12.4 Å². The zero-order chi connectivity index (χ0) is 20.9. The summed E-state index contributed by atoms with van der Waals surface area (Å²) in [5.74, 6) is -0.987. The van der Waals surface area contributed by atoms with E-state index in [1.807, 2.05) is 72.8 Å². The Kier molecular flexibility index (Phi) is 5.95. The summed E-state index contributed by atoms with van der Waals surface area (Å²) in [4.78, 5) is 25.6. The van der Waals surface area contributed by atoms with Gasteiger partial charge in [-0.25, -0.2) is 4.79 Å². The van der Waals surface area contributed by atoms with Gasteiger partial charge in [-0.3, -0.25) is 15.0 Å². The summed E-state index contributed by atoms with van der Waals surface area (Å²) in [5, 5.41) is 9.95. The normalized spacial score (nSPS) is 11.8. The van der Waals surface area contributed by atoms with Crippen molar-refractivity contribution in [3.8, 4) is 0 Å². The van der Waals surface area contributed by atoms with Crippen molar-refractivity contribution in [2.24, 2.45) is 4.99 Å². The van der Waals surface area contributed by atoms with Crippen LogP contribution in [0.1, 0.15) is 16.7 Å². The molecular formula is C24H18BrN3O2. The Morgan fingerprint density at radius 2 is 1.43 bits per heavy atom. The molecule has 0 aliphatic rings. The van der Waals surface area contributed by atoms with Gasteiger partial charge in [0.15, 0.2) is 6.04 Å². The molecule has 0 amide bonds. The second-order valence-electron chi connectivity index (χ2n) is 6.73. The average molecular weight is 460 g/mol.